The van der Waals surface area contributed by atoms with E-state index in [2.05, 4.69) is 10.6 Å². The number of methoxy groups -OCH3 is 1. The molecular weight excluding hydrogens is 336 g/mol. The third-order valence-corrected chi connectivity index (χ3v) is 3.90. The lowest BCUT2D eigenvalue weighted by Crippen LogP contribution is -2.29. The van der Waals surface area contributed by atoms with E-state index in [1.165, 1.54) is 13.2 Å². The van der Waals surface area contributed by atoms with Crippen LogP contribution in [0.4, 0.5) is 11.4 Å². The van der Waals surface area contributed by atoms with E-state index in [-0.39, 0.29) is 0 Å². The van der Waals surface area contributed by atoms with E-state index >= 15 is 0 Å². The first-order valence-electron chi connectivity index (χ1n) is 6.63. The van der Waals surface area contributed by atoms with Gasteiger partial charge in [0.25, 0.3) is 0 Å². The first kappa shape index (κ1) is 17.2. The molecule has 2 N–H and O–H groups in total. The molecule has 0 radical (unpaired) electrons. The van der Waals surface area contributed by atoms with Crippen LogP contribution < -0.4 is 15.4 Å². The molecule has 2 aromatic rings. The molecule has 0 aliphatic heterocycles. The number of carbonyl (C=O) groups excluding carboxylic acids is 2. The second kappa shape index (κ2) is 7.89. The monoisotopic (exact) mass is 350 g/mol. The number of hydrogen-bond acceptors (Lipinski definition) is 4. The highest BCUT2D eigenvalue weighted by Crippen LogP contribution is 2.27. The molecule has 0 heterocycles. The van der Waals surface area contributed by atoms with E-state index in [4.69, 9.17) is 16.3 Å². The van der Waals surface area contributed by atoms with Gasteiger partial charge in [0.1, 0.15) is 5.75 Å². The van der Waals surface area contributed by atoms with Crippen molar-refractivity contribution in [2.24, 2.45) is 0 Å². The van der Waals surface area contributed by atoms with E-state index in [0.717, 1.165) is 4.90 Å². The van der Waals surface area contributed by atoms with Crippen molar-refractivity contribution < 1.29 is 14.3 Å². The molecule has 2 aromatic carbocycles. The predicted octanol–water partition coefficient (Wildman–Crippen LogP) is 3.65. The van der Waals surface area contributed by atoms with Gasteiger partial charge in [-0.3, -0.25) is 9.59 Å². The lowest BCUT2D eigenvalue weighted by Gasteiger charge is -2.11. The molecule has 0 aliphatic rings. The van der Waals surface area contributed by atoms with Gasteiger partial charge in [-0.25, -0.2) is 0 Å². The summed E-state index contributed by atoms with van der Waals surface area (Å²) in [5.41, 5.74) is 0.882. The summed E-state index contributed by atoms with van der Waals surface area (Å²) < 4.78 is 5.12. The fourth-order valence-electron chi connectivity index (χ4n) is 1.85. The quantitative estimate of drug-likeness (QED) is 0.652. The number of nitrogens with one attached hydrogen (secondary N) is 2. The number of benzene rings is 2. The van der Waals surface area contributed by atoms with Crippen molar-refractivity contribution >= 4 is 46.6 Å². The maximum Gasteiger partial charge on any atom is 0.314 e. The number of hydrogen-bond donors (Lipinski definition) is 2. The summed E-state index contributed by atoms with van der Waals surface area (Å²) in [6.07, 6.45) is 1.93. The largest absolute Gasteiger partial charge is 0.495 e. The van der Waals surface area contributed by atoms with E-state index in [0.29, 0.717) is 22.1 Å². The molecule has 0 saturated carbocycles. The number of halogens is 1. The fraction of sp³-hybridized carbons (Fsp3) is 0.125. The van der Waals surface area contributed by atoms with Gasteiger partial charge in [-0.05, 0) is 42.7 Å². The minimum absolute atomic E-state index is 0.331. The van der Waals surface area contributed by atoms with Crippen molar-refractivity contribution in [2.75, 3.05) is 24.0 Å². The van der Waals surface area contributed by atoms with Crippen molar-refractivity contribution in [2.45, 2.75) is 4.90 Å². The molecule has 0 unspecified atom stereocenters. The molecular formula is C16H15ClN2O3S. The molecule has 0 saturated heterocycles. The summed E-state index contributed by atoms with van der Waals surface area (Å²) in [7, 11) is 1.47. The molecule has 0 aliphatic carbocycles. The Morgan fingerprint density at radius 3 is 2.52 bits per heavy atom. The summed E-state index contributed by atoms with van der Waals surface area (Å²) in [5.74, 6) is -1.16. The SMILES string of the molecule is COc1ccc(Cl)cc1NC(=O)C(=O)Nc1cccc(SC)c1. The zero-order chi connectivity index (χ0) is 16.8. The van der Waals surface area contributed by atoms with Gasteiger partial charge < -0.3 is 15.4 Å². The molecule has 23 heavy (non-hydrogen) atoms. The van der Waals surface area contributed by atoms with Crippen molar-refractivity contribution in [1.29, 1.82) is 0 Å². The Morgan fingerprint density at radius 1 is 1.09 bits per heavy atom. The number of ether oxygens (including phenoxy) is 1. The summed E-state index contributed by atoms with van der Waals surface area (Å²) in [6.45, 7) is 0. The summed E-state index contributed by atoms with van der Waals surface area (Å²) in [6, 6.07) is 12.0. The maximum atomic E-state index is 12.0. The number of anilines is 2. The Hall–Kier alpha value is -2.18. The highest BCUT2D eigenvalue weighted by atomic mass is 35.5. The van der Waals surface area contributed by atoms with E-state index < -0.39 is 11.8 Å². The third kappa shape index (κ3) is 4.64. The van der Waals surface area contributed by atoms with Crippen LogP contribution in [-0.4, -0.2) is 25.2 Å². The number of carbonyl (C=O) groups is 2. The summed E-state index contributed by atoms with van der Waals surface area (Å²) in [4.78, 5) is 25.0. The Bertz CT molecular complexity index is 737. The number of amides is 2. The highest BCUT2D eigenvalue weighted by molar-refractivity contribution is 7.98. The van der Waals surface area contributed by atoms with Gasteiger partial charge in [0, 0.05) is 15.6 Å². The molecule has 2 amide bonds. The van der Waals surface area contributed by atoms with Crippen LogP contribution in [0.3, 0.4) is 0 Å². The molecule has 2 rings (SSSR count). The third-order valence-electron chi connectivity index (χ3n) is 2.94. The first-order valence-corrected chi connectivity index (χ1v) is 8.23. The van der Waals surface area contributed by atoms with Gasteiger partial charge in [0.2, 0.25) is 0 Å². The highest BCUT2D eigenvalue weighted by Gasteiger charge is 2.16. The van der Waals surface area contributed by atoms with Crippen LogP contribution in [0.15, 0.2) is 47.4 Å². The molecule has 7 heteroatoms. The van der Waals surface area contributed by atoms with Crippen LogP contribution in [0.25, 0.3) is 0 Å². The first-order chi connectivity index (χ1) is 11.0. The molecule has 0 fully saturated rings. The Morgan fingerprint density at radius 2 is 1.83 bits per heavy atom. The van der Waals surface area contributed by atoms with Crippen LogP contribution in [0, 0.1) is 0 Å². The molecule has 0 atom stereocenters. The predicted molar refractivity (Wildman–Crippen MR) is 93.5 cm³/mol. The zero-order valence-electron chi connectivity index (χ0n) is 12.6. The van der Waals surface area contributed by atoms with Gasteiger partial charge in [0.15, 0.2) is 0 Å². The van der Waals surface area contributed by atoms with E-state index in [1.54, 1.807) is 42.1 Å². The lowest BCUT2D eigenvalue weighted by atomic mass is 10.3. The smallest absolute Gasteiger partial charge is 0.314 e. The van der Waals surface area contributed by atoms with Gasteiger partial charge in [-0.1, -0.05) is 17.7 Å². The molecule has 120 valence electrons. The normalized spacial score (nSPS) is 10.0. The molecule has 0 bridgehead atoms. The second-order valence-corrected chi connectivity index (χ2v) is 5.80. The average molecular weight is 351 g/mol. The van der Waals surface area contributed by atoms with E-state index in [1.807, 2.05) is 12.3 Å². The minimum atomic E-state index is -0.805. The van der Waals surface area contributed by atoms with Gasteiger partial charge >= 0.3 is 11.8 Å². The summed E-state index contributed by atoms with van der Waals surface area (Å²) >= 11 is 7.43. The molecule has 0 spiro atoms. The van der Waals surface area contributed by atoms with Gasteiger partial charge in [-0.2, -0.15) is 0 Å². The number of rotatable bonds is 4. The van der Waals surface area contributed by atoms with Crippen molar-refractivity contribution in [3.8, 4) is 5.75 Å². The molecule has 5 nitrogen and oxygen atoms in total. The van der Waals surface area contributed by atoms with Gasteiger partial charge in [-0.15, -0.1) is 11.8 Å². The Labute approximate surface area is 143 Å². The Kier molecular flexibility index (Phi) is 5.90. The zero-order valence-corrected chi connectivity index (χ0v) is 14.1. The van der Waals surface area contributed by atoms with Crippen molar-refractivity contribution in [3.63, 3.8) is 0 Å². The van der Waals surface area contributed by atoms with Crippen LogP contribution in [0.2, 0.25) is 5.02 Å². The second-order valence-electron chi connectivity index (χ2n) is 4.48. The Balaban J connectivity index is 2.08. The fourth-order valence-corrected chi connectivity index (χ4v) is 2.48. The number of thioether (sulfide) groups is 1. The van der Waals surface area contributed by atoms with Crippen molar-refractivity contribution in [1.82, 2.24) is 0 Å². The van der Waals surface area contributed by atoms with Gasteiger partial charge in [0.05, 0.1) is 12.8 Å². The average Bonchev–Trinajstić information content (AvgIpc) is 2.55. The summed E-state index contributed by atoms with van der Waals surface area (Å²) in [5, 5.41) is 5.46. The standard InChI is InChI=1S/C16H15ClN2O3S/c1-22-14-7-6-10(17)8-13(14)19-16(21)15(20)18-11-4-3-5-12(9-11)23-2/h3-9H,1-2H3,(H,18,20)(H,19,21). The molecule has 0 aromatic heterocycles. The van der Waals surface area contributed by atoms with Crippen LogP contribution in [0.1, 0.15) is 0 Å². The minimum Gasteiger partial charge on any atom is -0.495 e. The topological polar surface area (TPSA) is 67.4 Å². The maximum absolute atomic E-state index is 12.0. The van der Waals surface area contributed by atoms with Crippen LogP contribution in [0.5, 0.6) is 5.75 Å². The van der Waals surface area contributed by atoms with Crippen molar-refractivity contribution in [3.05, 3.63) is 47.5 Å². The van der Waals surface area contributed by atoms with Crippen LogP contribution >= 0.6 is 23.4 Å². The van der Waals surface area contributed by atoms with Crippen LogP contribution in [-0.2, 0) is 9.59 Å². The van der Waals surface area contributed by atoms with E-state index in [9.17, 15) is 9.59 Å². The lowest BCUT2D eigenvalue weighted by molar-refractivity contribution is -0.133.